The summed E-state index contributed by atoms with van der Waals surface area (Å²) in [5, 5.41) is 39.1. The Kier molecular flexibility index (Phi) is 16.8. The third-order valence-electron chi connectivity index (χ3n) is 9.34. The Labute approximate surface area is 336 Å². The maximum atomic E-state index is 14.0. The number of thiazole rings is 2. The quantitative estimate of drug-likeness (QED) is 0.0826. The molecule has 4 aromatic rings. The minimum Gasteiger partial charge on any atom is -0.388 e. The summed E-state index contributed by atoms with van der Waals surface area (Å²) in [6.45, 7) is 7.71. The molecule has 0 saturated heterocycles. The summed E-state index contributed by atoms with van der Waals surface area (Å²) in [5.74, 6) is -1.76. The minimum atomic E-state index is -1.58. The van der Waals surface area contributed by atoms with Crippen LogP contribution in [0.25, 0.3) is 0 Å². The van der Waals surface area contributed by atoms with Crippen molar-refractivity contribution in [3.05, 3.63) is 105 Å². The van der Waals surface area contributed by atoms with E-state index in [1.165, 1.54) is 32.5 Å². The molecule has 0 radical (unpaired) electrons. The fourth-order valence-electron chi connectivity index (χ4n) is 6.09. The molecule has 4 rings (SSSR count). The summed E-state index contributed by atoms with van der Waals surface area (Å²) in [6.07, 6.45) is -2.90. The molecule has 2 aromatic carbocycles. The summed E-state index contributed by atoms with van der Waals surface area (Å²) in [6, 6.07) is 13.4. The van der Waals surface area contributed by atoms with E-state index in [1.807, 2.05) is 71.4 Å². The maximum absolute atomic E-state index is 14.0. The number of nitrogens with zero attached hydrogens (tertiary/aromatic N) is 4. The van der Waals surface area contributed by atoms with Gasteiger partial charge in [-0.25, -0.2) is 19.6 Å². The zero-order chi connectivity index (χ0) is 40.8. The monoisotopic (exact) mass is 806 g/mol. The Morgan fingerprint density at radius 3 is 1.27 bits per heavy atom. The molecule has 0 saturated carbocycles. The first-order valence-corrected chi connectivity index (χ1v) is 20.4. The van der Waals surface area contributed by atoms with Crippen LogP contribution in [0.4, 0.5) is 9.59 Å². The van der Waals surface area contributed by atoms with Gasteiger partial charge < -0.3 is 41.3 Å². The first-order valence-electron chi connectivity index (χ1n) is 18.6. The summed E-state index contributed by atoms with van der Waals surface area (Å²) < 4.78 is 0. The van der Waals surface area contributed by atoms with Crippen molar-refractivity contribution in [1.82, 2.24) is 41.0 Å². The van der Waals surface area contributed by atoms with Crippen molar-refractivity contribution < 1.29 is 29.4 Å². The lowest BCUT2D eigenvalue weighted by molar-refractivity contribution is -0.129. The number of aromatic nitrogens is 2. The SMILES string of the molecule is CC(C)[C@H](NC(=O)N(C)Cc1cscn1)C(=O)N[C@H](Cc1ccccc1)[C@@H](O)[C@H](O)[C@@H](Cc1ccccc1)NC(=O)[C@@H](NC(=O)N(C)Cc1cscn1)C(C)C. The minimum absolute atomic E-state index is 0.134. The second-order valence-electron chi connectivity index (χ2n) is 14.6. The van der Waals surface area contributed by atoms with Crippen molar-refractivity contribution in [3.8, 4) is 0 Å². The molecule has 2 aromatic heterocycles. The summed E-state index contributed by atoms with van der Waals surface area (Å²) >= 11 is 2.84. The lowest BCUT2D eigenvalue weighted by Crippen LogP contribution is -2.62. The fraction of sp³-hybridized carbons (Fsp3) is 0.450. The third-order valence-corrected chi connectivity index (χ3v) is 10.6. The van der Waals surface area contributed by atoms with Crippen LogP contribution >= 0.6 is 22.7 Å². The molecule has 6 atom stereocenters. The summed E-state index contributed by atoms with van der Waals surface area (Å²) in [7, 11) is 3.22. The van der Waals surface area contributed by atoms with E-state index in [9.17, 15) is 29.4 Å². The largest absolute Gasteiger partial charge is 0.388 e. The predicted molar refractivity (Wildman–Crippen MR) is 218 cm³/mol. The number of rotatable bonds is 19. The highest BCUT2D eigenvalue weighted by Gasteiger charge is 2.38. The molecule has 16 heteroatoms. The molecule has 302 valence electrons. The van der Waals surface area contributed by atoms with Crippen LogP contribution in [0.15, 0.2) is 82.4 Å². The number of aliphatic hydroxyl groups is 2. The molecule has 2 heterocycles. The van der Waals surface area contributed by atoms with Gasteiger partial charge in [0.25, 0.3) is 0 Å². The molecule has 0 aliphatic rings. The number of nitrogens with one attached hydrogen (secondary N) is 4. The molecule has 0 spiro atoms. The zero-order valence-corrected chi connectivity index (χ0v) is 34.3. The second kappa shape index (κ2) is 21.4. The van der Waals surface area contributed by atoms with Gasteiger partial charge in [0.1, 0.15) is 24.3 Å². The van der Waals surface area contributed by atoms with Crippen LogP contribution in [-0.2, 0) is 35.5 Å². The molecule has 14 nitrogen and oxygen atoms in total. The van der Waals surface area contributed by atoms with Crippen molar-refractivity contribution in [3.63, 3.8) is 0 Å². The highest BCUT2D eigenvalue weighted by atomic mass is 32.1. The van der Waals surface area contributed by atoms with Crippen LogP contribution < -0.4 is 21.3 Å². The van der Waals surface area contributed by atoms with Crippen LogP contribution in [0, 0.1) is 11.8 Å². The van der Waals surface area contributed by atoms with Gasteiger partial charge in [-0.1, -0.05) is 88.4 Å². The fourth-order valence-corrected chi connectivity index (χ4v) is 7.19. The van der Waals surface area contributed by atoms with E-state index in [4.69, 9.17) is 0 Å². The standard InChI is InChI=1S/C40H54N8O6S2/c1-25(2)33(45-39(53)47(5)19-29-21-55-23-41-29)37(51)43-31(17-27-13-9-7-10-14-27)35(49)36(50)32(18-28-15-11-8-12-16-28)44-38(52)34(26(3)4)46-40(54)48(6)20-30-22-56-24-42-30/h7-16,21-26,31-36,49-50H,17-20H2,1-6H3,(H,43,51)(H,44,52)(H,45,53)(H,46,54)/t31-,32-,33+,34+,35-,36-/m1/s1. The van der Waals surface area contributed by atoms with Gasteiger partial charge in [-0.2, -0.15) is 0 Å². The predicted octanol–water partition coefficient (Wildman–Crippen LogP) is 3.81. The Morgan fingerprint density at radius 1 is 0.607 bits per heavy atom. The lowest BCUT2D eigenvalue weighted by atomic mass is 9.90. The molecule has 56 heavy (non-hydrogen) atoms. The highest BCUT2D eigenvalue weighted by Crippen LogP contribution is 2.17. The molecule has 0 aliphatic heterocycles. The van der Waals surface area contributed by atoms with Gasteiger partial charge in [0.2, 0.25) is 11.8 Å². The zero-order valence-electron chi connectivity index (χ0n) is 32.7. The molecular weight excluding hydrogens is 753 g/mol. The summed E-state index contributed by atoms with van der Waals surface area (Å²) in [4.78, 5) is 65.7. The van der Waals surface area contributed by atoms with Gasteiger partial charge in [0.05, 0.1) is 47.6 Å². The van der Waals surface area contributed by atoms with E-state index in [2.05, 4.69) is 31.2 Å². The Hall–Kier alpha value is -4.90. The van der Waals surface area contributed by atoms with E-state index >= 15 is 0 Å². The number of carbonyl (C=O) groups is 4. The first kappa shape index (κ1) is 43.8. The van der Waals surface area contributed by atoms with E-state index in [1.54, 1.807) is 52.8 Å². The molecule has 6 N–H and O–H groups in total. The van der Waals surface area contributed by atoms with Crippen molar-refractivity contribution in [2.24, 2.45) is 11.8 Å². The van der Waals surface area contributed by atoms with Crippen LogP contribution in [0.3, 0.4) is 0 Å². The van der Waals surface area contributed by atoms with Gasteiger partial charge in [-0.05, 0) is 35.8 Å². The molecule has 0 aliphatic carbocycles. The highest BCUT2D eigenvalue weighted by molar-refractivity contribution is 7.07. The third kappa shape index (κ3) is 13.1. The smallest absolute Gasteiger partial charge is 0.318 e. The second-order valence-corrected chi connectivity index (χ2v) is 16.0. The van der Waals surface area contributed by atoms with E-state index in [0.29, 0.717) is 0 Å². The van der Waals surface area contributed by atoms with E-state index in [0.717, 1.165) is 22.5 Å². The number of amides is 6. The molecular formula is C40H54N8O6S2. The average Bonchev–Trinajstić information content (AvgIpc) is 3.90. The topological polar surface area (TPSA) is 189 Å². The first-order chi connectivity index (χ1) is 26.7. The number of hydrogen-bond acceptors (Lipinski definition) is 10. The number of aliphatic hydroxyl groups excluding tert-OH is 2. The van der Waals surface area contributed by atoms with Crippen molar-refractivity contribution >= 4 is 46.6 Å². The Morgan fingerprint density at radius 2 is 0.964 bits per heavy atom. The van der Waals surface area contributed by atoms with Gasteiger partial charge >= 0.3 is 12.1 Å². The van der Waals surface area contributed by atoms with Gasteiger partial charge in [-0.15, -0.1) is 22.7 Å². The number of hydrogen-bond donors (Lipinski definition) is 6. The van der Waals surface area contributed by atoms with Crippen molar-refractivity contribution in [1.29, 1.82) is 0 Å². The van der Waals surface area contributed by atoms with Crippen LogP contribution in [0.2, 0.25) is 0 Å². The number of urea groups is 2. The van der Waals surface area contributed by atoms with Crippen molar-refractivity contribution in [2.75, 3.05) is 14.1 Å². The number of benzene rings is 2. The Bertz CT molecular complexity index is 1670. The van der Waals surface area contributed by atoms with Gasteiger partial charge in [-0.3, -0.25) is 9.59 Å². The van der Waals surface area contributed by atoms with E-state index in [-0.39, 0.29) is 37.8 Å². The van der Waals surface area contributed by atoms with E-state index < -0.39 is 60.3 Å². The number of carbonyl (C=O) groups excluding carboxylic acids is 4. The average molecular weight is 807 g/mol. The van der Waals surface area contributed by atoms with Crippen LogP contribution in [-0.4, -0.2) is 104 Å². The molecule has 0 bridgehead atoms. The molecule has 0 fully saturated rings. The normalized spacial score (nSPS) is 14.5. The van der Waals surface area contributed by atoms with Gasteiger partial charge in [0.15, 0.2) is 0 Å². The lowest BCUT2D eigenvalue weighted by Gasteiger charge is -2.35. The van der Waals surface area contributed by atoms with Crippen LogP contribution in [0.5, 0.6) is 0 Å². The van der Waals surface area contributed by atoms with Gasteiger partial charge in [0, 0.05) is 24.9 Å². The maximum Gasteiger partial charge on any atom is 0.318 e. The van der Waals surface area contributed by atoms with Crippen LogP contribution in [0.1, 0.15) is 50.2 Å². The molecule has 6 amide bonds. The summed E-state index contributed by atoms with van der Waals surface area (Å²) in [5.41, 5.74) is 6.36. The molecule has 0 unspecified atom stereocenters. The van der Waals surface area contributed by atoms with Crippen molar-refractivity contribution in [2.45, 2.75) is 90.0 Å². The Balaban J connectivity index is 1.56.